The molecular formula is C11H20OTi+. The second-order valence-electron chi connectivity index (χ2n) is 2.04. The average Bonchev–Trinajstić information content (AvgIpc) is 2.34. The zero-order valence-electron chi connectivity index (χ0n) is 9.13. The van der Waals surface area contributed by atoms with Gasteiger partial charge in [0.1, 0.15) is 0 Å². The average molecular weight is 216 g/mol. The third-order valence-electron chi connectivity index (χ3n) is 1.33. The SMILES string of the molecule is COCC[C]1[CH][CH][CH][CH]1.[CH3-].[CH3-].[CH3-].[Ti+4]. The Kier molecular flexibility index (Phi) is 27.4. The summed E-state index contributed by atoms with van der Waals surface area (Å²) >= 11 is 0. The van der Waals surface area contributed by atoms with E-state index in [1.54, 1.807) is 7.11 Å². The molecule has 1 fully saturated rings. The van der Waals surface area contributed by atoms with E-state index in [0.717, 1.165) is 13.0 Å². The minimum absolute atomic E-state index is 0. The monoisotopic (exact) mass is 216 g/mol. The Morgan fingerprint density at radius 2 is 1.54 bits per heavy atom. The standard InChI is InChI=1S/C8H11O.3CH3.Ti/c1-9-7-6-8-4-2-3-5-8;;;;/h2-5H,6-7H2,1H3;3*1H3;/q;3*-1;+4. The first kappa shape index (κ1) is 23.5. The van der Waals surface area contributed by atoms with Crippen LogP contribution in [0.5, 0.6) is 0 Å². The van der Waals surface area contributed by atoms with Gasteiger partial charge in [-0.15, -0.1) is 0 Å². The van der Waals surface area contributed by atoms with E-state index in [1.165, 1.54) is 5.92 Å². The first-order valence-electron chi connectivity index (χ1n) is 3.13. The maximum absolute atomic E-state index is 4.92. The van der Waals surface area contributed by atoms with Crippen LogP contribution >= 0.6 is 0 Å². The van der Waals surface area contributed by atoms with Crippen molar-refractivity contribution in [3.8, 4) is 0 Å². The Morgan fingerprint density at radius 1 is 1.08 bits per heavy atom. The molecule has 0 spiro atoms. The van der Waals surface area contributed by atoms with Crippen LogP contribution in [0.3, 0.4) is 0 Å². The number of hydrogen-bond acceptors (Lipinski definition) is 1. The van der Waals surface area contributed by atoms with Crippen molar-refractivity contribution in [1.29, 1.82) is 0 Å². The molecule has 0 unspecified atom stereocenters. The van der Waals surface area contributed by atoms with Crippen LogP contribution in [0.15, 0.2) is 0 Å². The first-order valence-corrected chi connectivity index (χ1v) is 3.13. The van der Waals surface area contributed by atoms with Crippen molar-refractivity contribution in [3.05, 3.63) is 53.9 Å². The molecule has 0 amide bonds. The molecule has 1 saturated carbocycles. The van der Waals surface area contributed by atoms with Crippen LogP contribution in [0.2, 0.25) is 0 Å². The topological polar surface area (TPSA) is 9.23 Å². The molecular weight excluding hydrogens is 196 g/mol. The van der Waals surface area contributed by atoms with Gasteiger partial charge in [-0.2, -0.15) is 0 Å². The maximum atomic E-state index is 4.92. The molecule has 1 aliphatic carbocycles. The molecule has 2 heteroatoms. The van der Waals surface area contributed by atoms with Crippen molar-refractivity contribution >= 4 is 0 Å². The van der Waals surface area contributed by atoms with E-state index < -0.39 is 0 Å². The van der Waals surface area contributed by atoms with Crippen molar-refractivity contribution in [2.24, 2.45) is 0 Å². The quantitative estimate of drug-likeness (QED) is 0.520. The molecule has 1 aliphatic rings. The fourth-order valence-corrected chi connectivity index (χ4v) is 0.800. The van der Waals surface area contributed by atoms with Crippen molar-refractivity contribution in [2.75, 3.05) is 13.7 Å². The normalized spacial score (nSPS) is 14.5. The minimum Gasteiger partial charge on any atom is -0.385 e. The van der Waals surface area contributed by atoms with Crippen LogP contribution in [0.1, 0.15) is 6.42 Å². The largest absolute Gasteiger partial charge is 4.00 e. The molecule has 0 aromatic rings. The van der Waals surface area contributed by atoms with Crippen molar-refractivity contribution < 1.29 is 26.5 Å². The van der Waals surface area contributed by atoms with Gasteiger partial charge in [0.2, 0.25) is 0 Å². The predicted octanol–water partition coefficient (Wildman–Crippen LogP) is 2.78. The molecule has 13 heavy (non-hydrogen) atoms. The van der Waals surface area contributed by atoms with Crippen molar-refractivity contribution in [3.63, 3.8) is 0 Å². The van der Waals surface area contributed by atoms with Crippen molar-refractivity contribution in [2.45, 2.75) is 6.42 Å². The molecule has 73 valence electrons. The smallest absolute Gasteiger partial charge is 0.385 e. The summed E-state index contributed by atoms with van der Waals surface area (Å²) in [7, 11) is 1.73. The van der Waals surface area contributed by atoms with Crippen LogP contribution in [-0.4, -0.2) is 13.7 Å². The molecule has 1 nitrogen and oxygen atoms in total. The maximum Gasteiger partial charge on any atom is 4.00 e. The van der Waals surface area contributed by atoms with Gasteiger partial charge in [0.05, 0.1) is 0 Å². The second-order valence-corrected chi connectivity index (χ2v) is 2.04. The molecule has 0 heterocycles. The molecule has 0 N–H and O–H groups in total. The van der Waals surface area contributed by atoms with Gasteiger partial charge in [0, 0.05) is 13.7 Å². The van der Waals surface area contributed by atoms with Crippen LogP contribution < -0.4 is 0 Å². The predicted molar refractivity (Wildman–Crippen MR) is 56.2 cm³/mol. The zero-order chi connectivity index (χ0) is 6.53. The van der Waals surface area contributed by atoms with E-state index in [4.69, 9.17) is 4.74 Å². The molecule has 1 rings (SSSR count). The van der Waals surface area contributed by atoms with Crippen LogP contribution in [0, 0.1) is 53.9 Å². The summed E-state index contributed by atoms with van der Waals surface area (Å²) in [6.07, 6.45) is 9.34. The Hall–Kier alpha value is 0.674. The van der Waals surface area contributed by atoms with Gasteiger partial charge in [-0.05, 0) is 38.0 Å². The number of ether oxygens (including phenoxy) is 1. The van der Waals surface area contributed by atoms with E-state index in [1.807, 2.05) is 12.8 Å². The fraction of sp³-hybridized carbons (Fsp3) is 0.273. The minimum atomic E-state index is 0. The molecule has 0 aromatic carbocycles. The van der Waals surface area contributed by atoms with Gasteiger partial charge >= 0.3 is 21.7 Å². The Bertz CT molecular complexity index is 70.5. The van der Waals surface area contributed by atoms with Crippen LogP contribution in [0.4, 0.5) is 0 Å². The summed E-state index contributed by atoms with van der Waals surface area (Å²) in [5, 5.41) is 0. The summed E-state index contributed by atoms with van der Waals surface area (Å²) in [6, 6.07) is 0. The number of hydrogen-bond donors (Lipinski definition) is 0. The van der Waals surface area contributed by atoms with Crippen molar-refractivity contribution in [1.82, 2.24) is 0 Å². The summed E-state index contributed by atoms with van der Waals surface area (Å²) in [6.45, 7) is 0.823. The molecule has 0 aromatic heterocycles. The van der Waals surface area contributed by atoms with Gasteiger partial charge in [-0.1, -0.05) is 0 Å². The van der Waals surface area contributed by atoms with E-state index in [0.29, 0.717) is 0 Å². The second kappa shape index (κ2) is 15.2. The first-order chi connectivity index (χ1) is 4.43. The summed E-state index contributed by atoms with van der Waals surface area (Å²) in [5.41, 5.74) is 0. The third-order valence-corrected chi connectivity index (χ3v) is 1.33. The molecule has 0 saturated heterocycles. The fourth-order valence-electron chi connectivity index (χ4n) is 0.800. The Labute approximate surface area is 101 Å². The molecule has 0 bridgehead atoms. The van der Waals surface area contributed by atoms with E-state index in [9.17, 15) is 0 Å². The molecule has 5 radical (unpaired) electrons. The van der Waals surface area contributed by atoms with Gasteiger partial charge in [-0.3, -0.25) is 0 Å². The van der Waals surface area contributed by atoms with E-state index in [2.05, 4.69) is 12.8 Å². The van der Waals surface area contributed by atoms with Gasteiger partial charge in [-0.25, -0.2) is 0 Å². The third kappa shape index (κ3) is 10.6. The Morgan fingerprint density at radius 3 is 1.92 bits per heavy atom. The summed E-state index contributed by atoms with van der Waals surface area (Å²) in [4.78, 5) is 0. The molecule has 0 aliphatic heterocycles. The zero-order valence-corrected chi connectivity index (χ0v) is 10.7. The van der Waals surface area contributed by atoms with E-state index in [-0.39, 0.29) is 44.0 Å². The number of rotatable bonds is 3. The van der Waals surface area contributed by atoms with Crippen LogP contribution in [-0.2, 0) is 26.5 Å². The summed E-state index contributed by atoms with van der Waals surface area (Å²) in [5.74, 6) is 1.36. The Balaban J connectivity index is -0.000000101. The summed E-state index contributed by atoms with van der Waals surface area (Å²) < 4.78 is 4.92. The molecule has 0 atom stereocenters. The van der Waals surface area contributed by atoms with E-state index >= 15 is 0 Å². The van der Waals surface area contributed by atoms with Crippen LogP contribution in [0.25, 0.3) is 0 Å². The van der Waals surface area contributed by atoms with Gasteiger partial charge < -0.3 is 27.0 Å². The van der Waals surface area contributed by atoms with Gasteiger partial charge in [0.25, 0.3) is 0 Å². The van der Waals surface area contributed by atoms with Gasteiger partial charge in [0.15, 0.2) is 0 Å². The number of methoxy groups -OCH3 is 1.